The molecule has 228 valence electrons. The van der Waals surface area contributed by atoms with Crippen LogP contribution in [0.15, 0.2) is 42.5 Å². The van der Waals surface area contributed by atoms with E-state index in [1.165, 1.54) is 5.56 Å². The molecule has 9 heteroatoms. The van der Waals surface area contributed by atoms with Crippen LogP contribution >= 0.6 is 0 Å². The molecule has 4 atom stereocenters. The first-order valence-corrected chi connectivity index (χ1v) is 14.9. The molecule has 0 unspecified atom stereocenters. The fourth-order valence-corrected chi connectivity index (χ4v) is 5.45. The molecule has 2 aliphatic heterocycles. The highest BCUT2D eigenvalue weighted by Crippen LogP contribution is 2.34. The molecule has 0 radical (unpaired) electrons. The third-order valence-electron chi connectivity index (χ3n) is 7.54. The number of nitrogens with zero attached hydrogens (tertiary/aromatic N) is 1. The third-order valence-corrected chi connectivity index (χ3v) is 7.54. The summed E-state index contributed by atoms with van der Waals surface area (Å²) in [5, 5.41) is 13.4. The largest absolute Gasteiger partial charge is 0.490 e. The molecule has 2 aliphatic rings. The van der Waals surface area contributed by atoms with E-state index in [0.717, 1.165) is 61.6 Å². The zero-order valence-electron chi connectivity index (χ0n) is 24.9. The van der Waals surface area contributed by atoms with Crippen LogP contribution in [0.2, 0.25) is 0 Å². The lowest BCUT2D eigenvalue weighted by molar-refractivity contribution is -0.0752. The first-order valence-electron chi connectivity index (χ1n) is 14.9. The summed E-state index contributed by atoms with van der Waals surface area (Å²) in [6, 6.07) is 14.9. The minimum absolute atomic E-state index is 0.0261. The number of hydrogen-bond acceptors (Lipinski definition) is 9. The van der Waals surface area contributed by atoms with Gasteiger partial charge in [-0.15, -0.1) is 0 Å². The summed E-state index contributed by atoms with van der Waals surface area (Å²) < 4.78 is 34.9. The predicted molar refractivity (Wildman–Crippen MR) is 159 cm³/mol. The topological polar surface area (TPSA) is 90.9 Å². The lowest BCUT2D eigenvalue weighted by Crippen LogP contribution is -2.51. The molecule has 1 saturated heterocycles. The van der Waals surface area contributed by atoms with E-state index in [1.54, 1.807) is 21.1 Å². The normalized spacial score (nSPS) is 21.4. The van der Waals surface area contributed by atoms with Gasteiger partial charge in [0, 0.05) is 59.6 Å². The minimum atomic E-state index is -0.529. The molecule has 2 heterocycles. The van der Waals surface area contributed by atoms with Crippen LogP contribution in [0.5, 0.6) is 5.75 Å². The molecule has 0 amide bonds. The summed E-state index contributed by atoms with van der Waals surface area (Å²) in [5.74, 6) is 0.946. The van der Waals surface area contributed by atoms with Crippen LogP contribution in [0, 0.1) is 0 Å². The zero-order valence-corrected chi connectivity index (χ0v) is 24.9. The first-order chi connectivity index (χ1) is 20.1. The van der Waals surface area contributed by atoms with Crippen molar-refractivity contribution in [3.8, 4) is 5.75 Å². The van der Waals surface area contributed by atoms with E-state index in [4.69, 9.17) is 28.4 Å². The molecule has 1 fully saturated rings. The number of methoxy groups -OCH3 is 2. The average Bonchev–Trinajstić information content (AvgIpc) is 2.99. The highest BCUT2D eigenvalue weighted by atomic mass is 16.5. The quantitative estimate of drug-likeness (QED) is 0.276. The van der Waals surface area contributed by atoms with Gasteiger partial charge in [0.1, 0.15) is 12.4 Å². The number of benzene rings is 2. The van der Waals surface area contributed by atoms with Crippen LogP contribution in [-0.2, 0) is 36.9 Å². The fraction of sp³-hybridized carbons (Fsp3) is 0.625. The Balaban J connectivity index is 1.44. The second kappa shape index (κ2) is 17.0. The van der Waals surface area contributed by atoms with Crippen molar-refractivity contribution < 1.29 is 33.5 Å². The molecule has 2 aromatic rings. The van der Waals surface area contributed by atoms with E-state index in [2.05, 4.69) is 52.7 Å². The average molecular weight is 573 g/mol. The predicted octanol–water partition coefficient (Wildman–Crippen LogP) is 3.51. The molecule has 4 rings (SSSR count). The Kier molecular flexibility index (Phi) is 13.2. The molecule has 0 saturated carbocycles. The number of nitrogens with one attached hydrogen (secondary N) is 1. The standard InChI is InChI=1S/C32H48N2O7/c1-24(35)21-40-30-19-33-20-31(32(30)27-9-6-25(7-10-27)22-38-16-5-15-37-3)41-23-26-8-11-29-28(18-26)34(13-17-39-29)12-4-14-36-2/h6-11,18,24,30-33,35H,4-5,12-17,19-23H2,1-3H3/t24-,30+,31-,32-/m0/s1. The number of anilines is 1. The van der Waals surface area contributed by atoms with Crippen molar-refractivity contribution in [3.63, 3.8) is 0 Å². The smallest absolute Gasteiger partial charge is 0.142 e. The van der Waals surface area contributed by atoms with Gasteiger partial charge in [-0.1, -0.05) is 30.3 Å². The molecule has 0 spiro atoms. The minimum Gasteiger partial charge on any atom is -0.490 e. The highest BCUT2D eigenvalue weighted by Gasteiger charge is 2.36. The van der Waals surface area contributed by atoms with Gasteiger partial charge in [-0.05, 0) is 48.6 Å². The zero-order chi connectivity index (χ0) is 28.9. The van der Waals surface area contributed by atoms with Crippen LogP contribution in [0.25, 0.3) is 0 Å². The van der Waals surface area contributed by atoms with Crippen LogP contribution in [0.3, 0.4) is 0 Å². The van der Waals surface area contributed by atoms with Gasteiger partial charge in [-0.2, -0.15) is 0 Å². The van der Waals surface area contributed by atoms with Crippen molar-refractivity contribution in [2.75, 3.05) is 78.3 Å². The molecule has 2 N–H and O–H groups in total. The maximum atomic E-state index is 9.90. The van der Waals surface area contributed by atoms with Crippen LogP contribution in [0.1, 0.15) is 42.4 Å². The van der Waals surface area contributed by atoms with Crippen molar-refractivity contribution in [1.82, 2.24) is 5.32 Å². The van der Waals surface area contributed by atoms with Crippen molar-refractivity contribution in [2.24, 2.45) is 0 Å². The van der Waals surface area contributed by atoms with Gasteiger partial charge in [-0.25, -0.2) is 0 Å². The van der Waals surface area contributed by atoms with E-state index in [0.29, 0.717) is 39.6 Å². The maximum Gasteiger partial charge on any atom is 0.142 e. The Morgan fingerprint density at radius 2 is 1.66 bits per heavy atom. The van der Waals surface area contributed by atoms with E-state index >= 15 is 0 Å². The second-order valence-corrected chi connectivity index (χ2v) is 10.9. The lowest BCUT2D eigenvalue weighted by Gasteiger charge is -2.39. The summed E-state index contributed by atoms with van der Waals surface area (Å²) in [7, 11) is 3.44. The molecular formula is C32H48N2O7. The Morgan fingerprint density at radius 1 is 0.927 bits per heavy atom. The van der Waals surface area contributed by atoms with E-state index in [9.17, 15) is 5.11 Å². The van der Waals surface area contributed by atoms with E-state index in [1.807, 2.05) is 0 Å². The van der Waals surface area contributed by atoms with Crippen molar-refractivity contribution in [2.45, 2.75) is 57.2 Å². The number of hydrogen-bond donors (Lipinski definition) is 2. The van der Waals surface area contributed by atoms with Gasteiger partial charge in [0.2, 0.25) is 0 Å². The third kappa shape index (κ3) is 9.64. The Bertz CT molecular complexity index is 1020. The van der Waals surface area contributed by atoms with Crippen molar-refractivity contribution in [3.05, 3.63) is 59.2 Å². The number of ether oxygens (including phenoxy) is 6. The van der Waals surface area contributed by atoms with Crippen LogP contribution < -0.4 is 15.0 Å². The highest BCUT2D eigenvalue weighted by molar-refractivity contribution is 5.61. The maximum absolute atomic E-state index is 9.90. The van der Waals surface area contributed by atoms with Gasteiger partial charge in [-0.3, -0.25) is 0 Å². The summed E-state index contributed by atoms with van der Waals surface area (Å²) >= 11 is 0. The Hall–Kier alpha value is -2.24. The Morgan fingerprint density at radius 3 is 2.41 bits per heavy atom. The number of aliphatic hydroxyl groups is 1. The molecule has 0 bridgehead atoms. The summed E-state index contributed by atoms with van der Waals surface area (Å²) in [6.07, 6.45) is 1.11. The fourth-order valence-electron chi connectivity index (χ4n) is 5.45. The monoisotopic (exact) mass is 572 g/mol. The number of aliphatic hydroxyl groups excluding tert-OH is 1. The van der Waals surface area contributed by atoms with Gasteiger partial charge in [0.15, 0.2) is 0 Å². The molecule has 0 aromatic heterocycles. The van der Waals surface area contributed by atoms with Gasteiger partial charge >= 0.3 is 0 Å². The summed E-state index contributed by atoms with van der Waals surface area (Å²) in [4.78, 5) is 2.37. The summed E-state index contributed by atoms with van der Waals surface area (Å²) in [6.45, 7) is 9.13. The van der Waals surface area contributed by atoms with Gasteiger partial charge in [0.05, 0.1) is 50.4 Å². The Labute approximate surface area is 245 Å². The number of rotatable bonds is 17. The van der Waals surface area contributed by atoms with Crippen LogP contribution in [0.4, 0.5) is 5.69 Å². The molecule has 0 aliphatic carbocycles. The summed E-state index contributed by atoms with van der Waals surface area (Å²) in [5.41, 5.74) is 4.52. The van der Waals surface area contributed by atoms with Crippen molar-refractivity contribution >= 4 is 5.69 Å². The molecule has 41 heavy (non-hydrogen) atoms. The first kappa shape index (κ1) is 31.7. The van der Waals surface area contributed by atoms with Gasteiger partial charge in [0.25, 0.3) is 0 Å². The van der Waals surface area contributed by atoms with Crippen LogP contribution in [-0.4, -0.2) is 96.9 Å². The second-order valence-electron chi connectivity index (χ2n) is 10.9. The SMILES string of the molecule is COCCCOCc1ccc([C@@H]2[C@@H](OCc3ccc4c(c3)N(CCCOC)CCO4)CNC[C@H]2OC[C@H](C)O)cc1. The number of fused-ring (bicyclic) bond motifs is 1. The molecule has 2 aromatic carbocycles. The lowest BCUT2D eigenvalue weighted by atomic mass is 9.85. The molecular weight excluding hydrogens is 524 g/mol. The van der Waals surface area contributed by atoms with E-state index < -0.39 is 6.10 Å². The van der Waals surface area contributed by atoms with E-state index in [-0.39, 0.29) is 24.7 Å². The molecule has 9 nitrogen and oxygen atoms in total. The van der Waals surface area contributed by atoms with Crippen molar-refractivity contribution in [1.29, 1.82) is 0 Å². The number of piperidine rings is 1. The van der Waals surface area contributed by atoms with Gasteiger partial charge < -0.3 is 43.7 Å².